The molecule has 0 spiro atoms. The zero-order valence-corrected chi connectivity index (χ0v) is 8.76. The van der Waals surface area contributed by atoms with E-state index in [0.29, 0.717) is 13.2 Å². The van der Waals surface area contributed by atoms with Crippen molar-refractivity contribution in [3.8, 4) is 0 Å². The van der Waals surface area contributed by atoms with Crippen LogP contribution in [0.3, 0.4) is 0 Å². The van der Waals surface area contributed by atoms with Crippen molar-refractivity contribution in [1.82, 2.24) is 0 Å². The molecule has 2 aromatic rings. The third-order valence-electron chi connectivity index (χ3n) is 2.62. The molecule has 0 aliphatic carbocycles. The molecule has 0 N–H and O–H groups in total. The van der Waals surface area contributed by atoms with Crippen LogP contribution >= 0.6 is 0 Å². The number of ether oxygens (including phenoxy) is 2. The van der Waals surface area contributed by atoms with Gasteiger partial charge in [0, 0.05) is 0 Å². The van der Waals surface area contributed by atoms with Crippen molar-refractivity contribution in [3.05, 3.63) is 60.1 Å². The summed E-state index contributed by atoms with van der Waals surface area (Å²) in [6.07, 6.45) is 1.63. The van der Waals surface area contributed by atoms with E-state index >= 15 is 0 Å². The van der Waals surface area contributed by atoms with Gasteiger partial charge in [0.1, 0.15) is 6.61 Å². The summed E-state index contributed by atoms with van der Waals surface area (Å²) < 4.78 is 16.4. The normalized spacial score (nSPS) is 23.2. The van der Waals surface area contributed by atoms with Crippen molar-refractivity contribution >= 4 is 0 Å². The molecule has 3 nitrogen and oxygen atoms in total. The molecule has 3 heteroatoms. The monoisotopic (exact) mass is 216 g/mol. The van der Waals surface area contributed by atoms with E-state index < -0.39 is 5.79 Å². The fourth-order valence-electron chi connectivity index (χ4n) is 1.63. The van der Waals surface area contributed by atoms with Crippen molar-refractivity contribution in [1.29, 1.82) is 0 Å². The minimum absolute atomic E-state index is 0.529. The lowest BCUT2D eigenvalue weighted by Gasteiger charge is -2.10. The maximum Gasteiger partial charge on any atom is 0.253 e. The smallest absolute Gasteiger partial charge is 0.253 e. The van der Waals surface area contributed by atoms with Crippen LogP contribution in [-0.4, -0.2) is 6.61 Å². The molecule has 1 saturated heterocycles. The first-order valence-corrected chi connectivity index (χ1v) is 5.25. The van der Waals surface area contributed by atoms with Gasteiger partial charge in [-0.25, -0.2) is 0 Å². The highest BCUT2D eigenvalue weighted by Crippen LogP contribution is 2.40. The Morgan fingerprint density at radius 3 is 2.56 bits per heavy atom. The Bertz CT molecular complexity index is 443. The van der Waals surface area contributed by atoms with Gasteiger partial charge in [-0.3, -0.25) is 0 Å². The van der Waals surface area contributed by atoms with Gasteiger partial charge >= 0.3 is 0 Å². The Hall–Kier alpha value is -1.58. The Balaban J connectivity index is 1.68. The van der Waals surface area contributed by atoms with Crippen LogP contribution in [0.15, 0.2) is 53.1 Å². The molecule has 1 fully saturated rings. The Labute approximate surface area is 93.6 Å². The van der Waals surface area contributed by atoms with Crippen molar-refractivity contribution in [3.63, 3.8) is 0 Å². The second-order valence-corrected chi connectivity index (χ2v) is 3.79. The van der Waals surface area contributed by atoms with Crippen molar-refractivity contribution < 1.29 is 13.9 Å². The standard InChI is InChI=1S/C13H12O3/c1-2-5-11(6-3-1)9-15-13(10-16-13)12-7-4-8-14-12/h1-8H,9-10H2. The molecular formula is C13H12O3. The summed E-state index contributed by atoms with van der Waals surface area (Å²) in [5.74, 6) is 0.0997. The van der Waals surface area contributed by atoms with Gasteiger partial charge < -0.3 is 13.9 Å². The zero-order valence-electron chi connectivity index (χ0n) is 8.76. The highest BCUT2D eigenvalue weighted by atomic mass is 16.8. The van der Waals surface area contributed by atoms with E-state index in [4.69, 9.17) is 13.9 Å². The van der Waals surface area contributed by atoms with Crippen molar-refractivity contribution in [2.75, 3.05) is 6.61 Å². The maximum absolute atomic E-state index is 5.76. The first-order chi connectivity index (χ1) is 7.89. The molecule has 1 aromatic heterocycles. The van der Waals surface area contributed by atoms with E-state index in [1.165, 1.54) is 0 Å². The van der Waals surface area contributed by atoms with E-state index in [1.54, 1.807) is 6.26 Å². The van der Waals surface area contributed by atoms with E-state index in [9.17, 15) is 0 Å². The molecule has 1 aliphatic heterocycles. The van der Waals surface area contributed by atoms with Crippen molar-refractivity contribution in [2.24, 2.45) is 0 Å². The average molecular weight is 216 g/mol. The molecule has 16 heavy (non-hydrogen) atoms. The third-order valence-corrected chi connectivity index (χ3v) is 2.62. The fraction of sp³-hybridized carbons (Fsp3) is 0.231. The number of rotatable bonds is 4. The van der Waals surface area contributed by atoms with Crippen molar-refractivity contribution in [2.45, 2.75) is 12.4 Å². The van der Waals surface area contributed by atoms with Gasteiger partial charge in [0.15, 0.2) is 5.76 Å². The predicted molar refractivity (Wildman–Crippen MR) is 57.6 cm³/mol. The minimum atomic E-state index is -0.640. The molecule has 0 amide bonds. The number of epoxide rings is 1. The van der Waals surface area contributed by atoms with E-state index in [2.05, 4.69) is 0 Å². The zero-order chi connectivity index (χ0) is 10.8. The highest BCUT2D eigenvalue weighted by Gasteiger charge is 2.51. The molecule has 0 bridgehead atoms. The lowest BCUT2D eigenvalue weighted by Crippen LogP contribution is -2.12. The van der Waals surface area contributed by atoms with E-state index in [1.807, 2.05) is 42.5 Å². The Kier molecular flexibility index (Phi) is 2.27. The first-order valence-electron chi connectivity index (χ1n) is 5.25. The maximum atomic E-state index is 5.76. The van der Waals surface area contributed by atoms with Crippen LogP contribution < -0.4 is 0 Å². The average Bonchev–Trinajstić information content (AvgIpc) is 2.92. The first kappa shape index (κ1) is 9.63. The summed E-state index contributed by atoms with van der Waals surface area (Å²) in [5, 5.41) is 0. The molecule has 1 atom stereocenters. The Morgan fingerprint density at radius 1 is 1.12 bits per heavy atom. The van der Waals surface area contributed by atoms with Crippen LogP contribution in [0.5, 0.6) is 0 Å². The second-order valence-electron chi connectivity index (χ2n) is 3.79. The predicted octanol–water partition coefficient (Wildman–Crippen LogP) is 2.68. The molecular weight excluding hydrogens is 204 g/mol. The molecule has 2 heterocycles. The molecule has 1 unspecified atom stereocenters. The minimum Gasteiger partial charge on any atom is -0.464 e. The number of furan rings is 1. The third kappa shape index (κ3) is 1.75. The van der Waals surface area contributed by atoms with Gasteiger partial charge in [0.05, 0.1) is 12.9 Å². The molecule has 82 valence electrons. The van der Waals surface area contributed by atoms with Crippen LogP contribution in [0, 0.1) is 0 Å². The van der Waals surface area contributed by atoms with E-state index in [0.717, 1.165) is 11.3 Å². The van der Waals surface area contributed by atoms with Crippen LogP contribution in [0.4, 0.5) is 0 Å². The van der Waals surface area contributed by atoms with Crippen LogP contribution in [0.2, 0.25) is 0 Å². The quantitative estimate of drug-likeness (QED) is 0.737. The lowest BCUT2D eigenvalue weighted by atomic mass is 10.2. The summed E-state index contributed by atoms with van der Waals surface area (Å²) in [6, 6.07) is 13.7. The van der Waals surface area contributed by atoms with Crippen LogP contribution in [0.1, 0.15) is 11.3 Å². The highest BCUT2D eigenvalue weighted by molar-refractivity contribution is 5.15. The molecule has 0 radical (unpaired) electrons. The number of hydrogen-bond donors (Lipinski definition) is 0. The number of benzene rings is 1. The molecule has 0 saturated carbocycles. The summed E-state index contributed by atoms with van der Waals surface area (Å²) >= 11 is 0. The Morgan fingerprint density at radius 2 is 1.94 bits per heavy atom. The van der Waals surface area contributed by atoms with Gasteiger partial charge in [-0.1, -0.05) is 30.3 Å². The topological polar surface area (TPSA) is 34.9 Å². The SMILES string of the molecule is c1ccc(COC2(c3ccco3)CO2)cc1. The summed E-state index contributed by atoms with van der Waals surface area (Å²) in [4.78, 5) is 0. The van der Waals surface area contributed by atoms with Crippen LogP contribution in [-0.2, 0) is 21.9 Å². The largest absolute Gasteiger partial charge is 0.464 e. The van der Waals surface area contributed by atoms with Crippen LogP contribution in [0.25, 0.3) is 0 Å². The van der Waals surface area contributed by atoms with Gasteiger partial charge in [-0.15, -0.1) is 0 Å². The van der Waals surface area contributed by atoms with Gasteiger partial charge in [0.2, 0.25) is 0 Å². The van der Waals surface area contributed by atoms with E-state index in [-0.39, 0.29) is 0 Å². The summed E-state index contributed by atoms with van der Waals surface area (Å²) in [5.41, 5.74) is 1.13. The van der Waals surface area contributed by atoms with Gasteiger partial charge in [-0.2, -0.15) is 0 Å². The summed E-state index contributed by atoms with van der Waals surface area (Å²) in [6.45, 7) is 1.09. The molecule has 1 aromatic carbocycles. The lowest BCUT2D eigenvalue weighted by molar-refractivity contribution is -0.0718. The number of hydrogen-bond acceptors (Lipinski definition) is 3. The molecule has 1 aliphatic rings. The molecule has 3 rings (SSSR count). The second kappa shape index (κ2) is 3.77. The van der Waals surface area contributed by atoms with Gasteiger partial charge in [-0.05, 0) is 17.7 Å². The summed E-state index contributed by atoms with van der Waals surface area (Å²) in [7, 11) is 0. The fourth-order valence-corrected chi connectivity index (χ4v) is 1.63. The van der Waals surface area contributed by atoms with Gasteiger partial charge in [0.25, 0.3) is 5.79 Å².